The molecule has 0 fully saturated rings. The normalized spacial score (nSPS) is 10.7. The van der Waals surface area contributed by atoms with E-state index in [9.17, 15) is 14.4 Å². The number of urea groups is 1. The number of ether oxygens (including phenoxy) is 1. The molecule has 0 radical (unpaired) electrons. The molecule has 4 rings (SSSR count). The number of thiophene rings is 1. The zero-order valence-electron chi connectivity index (χ0n) is 17.4. The second kappa shape index (κ2) is 9.03. The van der Waals surface area contributed by atoms with Crippen LogP contribution in [0.4, 0.5) is 15.5 Å². The molecule has 0 aliphatic heterocycles. The van der Waals surface area contributed by atoms with E-state index in [0.29, 0.717) is 21.8 Å². The van der Waals surface area contributed by atoms with Crippen LogP contribution in [0, 0.1) is 6.92 Å². The van der Waals surface area contributed by atoms with Crippen molar-refractivity contribution in [3.8, 4) is 5.69 Å². The van der Waals surface area contributed by atoms with E-state index in [1.165, 1.54) is 0 Å². The summed E-state index contributed by atoms with van der Waals surface area (Å²) < 4.78 is 6.28. The number of nitrogens with one attached hydrogen (secondary N) is 2. The maximum absolute atomic E-state index is 13.3. The Morgan fingerprint density at radius 2 is 1.78 bits per heavy atom. The number of hydrogen-bond acceptors (Lipinski definition) is 6. The molecule has 0 saturated heterocycles. The number of rotatable bonds is 5. The van der Waals surface area contributed by atoms with E-state index in [4.69, 9.17) is 4.74 Å². The van der Waals surface area contributed by atoms with Crippen LogP contribution in [-0.4, -0.2) is 28.4 Å². The minimum atomic E-state index is -0.643. The number of nitrogens with zero attached hydrogens (tertiary/aromatic N) is 2. The summed E-state index contributed by atoms with van der Waals surface area (Å²) in [5.41, 5.74) is 1.73. The molecule has 8 nitrogen and oxygen atoms in total. The number of amides is 2. The third kappa shape index (κ3) is 4.23. The van der Waals surface area contributed by atoms with Crippen LogP contribution in [0.2, 0.25) is 0 Å². The predicted octanol–water partition coefficient (Wildman–Crippen LogP) is 4.58. The number of para-hydroxylation sites is 1. The van der Waals surface area contributed by atoms with Crippen molar-refractivity contribution in [1.29, 1.82) is 0 Å². The highest BCUT2D eigenvalue weighted by Gasteiger charge is 2.23. The maximum atomic E-state index is 13.3. The molecule has 2 N–H and O–H groups in total. The summed E-state index contributed by atoms with van der Waals surface area (Å²) in [6, 6.07) is 15.6. The van der Waals surface area contributed by atoms with Gasteiger partial charge in [-0.15, -0.1) is 11.3 Å². The van der Waals surface area contributed by atoms with Gasteiger partial charge in [-0.05, 0) is 38.1 Å². The van der Waals surface area contributed by atoms with Crippen LogP contribution in [0.3, 0.4) is 0 Å². The van der Waals surface area contributed by atoms with E-state index in [1.54, 1.807) is 48.7 Å². The number of carbonyl (C=O) groups excluding carboxylic acids is 2. The van der Waals surface area contributed by atoms with Crippen molar-refractivity contribution < 1.29 is 14.3 Å². The van der Waals surface area contributed by atoms with Gasteiger partial charge in [0.25, 0.3) is 5.56 Å². The van der Waals surface area contributed by atoms with Crippen molar-refractivity contribution in [3.63, 3.8) is 0 Å². The fourth-order valence-electron chi connectivity index (χ4n) is 3.14. The molecular weight excluding hydrogens is 428 g/mol. The molecule has 0 atom stereocenters. The number of esters is 1. The van der Waals surface area contributed by atoms with E-state index in [-0.39, 0.29) is 17.7 Å². The molecule has 0 aliphatic rings. The Morgan fingerprint density at radius 1 is 1.06 bits per heavy atom. The molecule has 2 aromatic carbocycles. The molecule has 0 bridgehead atoms. The minimum Gasteiger partial charge on any atom is -0.461 e. The van der Waals surface area contributed by atoms with Crippen LogP contribution in [0.25, 0.3) is 16.5 Å². The van der Waals surface area contributed by atoms with Gasteiger partial charge in [-0.25, -0.2) is 9.59 Å². The van der Waals surface area contributed by atoms with Crippen LogP contribution in [0.15, 0.2) is 64.8 Å². The van der Waals surface area contributed by atoms with Gasteiger partial charge in [0.1, 0.15) is 5.00 Å². The van der Waals surface area contributed by atoms with Gasteiger partial charge in [-0.2, -0.15) is 9.78 Å². The number of hydrogen-bond donors (Lipinski definition) is 2. The Labute approximate surface area is 187 Å². The van der Waals surface area contributed by atoms with E-state index in [2.05, 4.69) is 15.7 Å². The van der Waals surface area contributed by atoms with E-state index < -0.39 is 17.6 Å². The van der Waals surface area contributed by atoms with E-state index in [1.807, 2.05) is 25.1 Å². The lowest BCUT2D eigenvalue weighted by Crippen LogP contribution is -2.26. The van der Waals surface area contributed by atoms with Crippen molar-refractivity contribution >= 4 is 44.8 Å². The summed E-state index contributed by atoms with van der Waals surface area (Å²) in [6.45, 7) is 3.81. The summed E-state index contributed by atoms with van der Waals surface area (Å²) in [5, 5.41) is 12.2. The van der Waals surface area contributed by atoms with Gasteiger partial charge in [0.2, 0.25) is 0 Å². The average Bonchev–Trinajstić information content (AvgIpc) is 3.20. The van der Waals surface area contributed by atoms with Crippen molar-refractivity contribution in [1.82, 2.24) is 9.78 Å². The second-order valence-corrected chi connectivity index (χ2v) is 7.80. The molecule has 0 unspecified atom stereocenters. The van der Waals surface area contributed by atoms with Gasteiger partial charge in [-0.1, -0.05) is 35.9 Å². The molecule has 0 aliphatic carbocycles. The molecule has 0 saturated carbocycles. The molecule has 0 spiro atoms. The number of aromatic nitrogens is 2. The Hall–Kier alpha value is -3.98. The quantitative estimate of drug-likeness (QED) is 0.435. The van der Waals surface area contributed by atoms with Crippen molar-refractivity contribution in [2.24, 2.45) is 0 Å². The Balaban J connectivity index is 1.77. The largest absolute Gasteiger partial charge is 0.461 e. The van der Waals surface area contributed by atoms with Crippen LogP contribution >= 0.6 is 11.3 Å². The highest BCUT2D eigenvalue weighted by atomic mass is 32.1. The number of fused-ring (bicyclic) bond motifs is 1. The van der Waals surface area contributed by atoms with Gasteiger partial charge in [-0.3, -0.25) is 10.1 Å². The molecule has 2 aromatic heterocycles. The summed E-state index contributed by atoms with van der Waals surface area (Å²) >= 11 is 1.14. The van der Waals surface area contributed by atoms with Gasteiger partial charge in [0, 0.05) is 16.5 Å². The SMILES string of the molecule is CCOC(=O)c1nn(-c2ccccc2)c(=O)c2c(NC(=O)Nc3ccc(C)cc3)scc12. The first kappa shape index (κ1) is 21.3. The molecule has 162 valence electrons. The Bertz CT molecular complexity index is 1340. The minimum absolute atomic E-state index is 0.00791. The summed E-state index contributed by atoms with van der Waals surface area (Å²) in [6.07, 6.45) is 0. The highest BCUT2D eigenvalue weighted by molar-refractivity contribution is 7.16. The van der Waals surface area contributed by atoms with Gasteiger partial charge >= 0.3 is 12.0 Å². The Morgan fingerprint density at radius 3 is 2.47 bits per heavy atom. The van der Waals surface area contributed by atoms with Gasteiger partial charge in [0.05, 0.1) is 17.7 Å². The first-order valence-electron chi connectivity index (χ1n) is 9.89. The smallest absolute Gasteiger partial charge is 0.359 e. The van der Waals surface area contributed by atoms with Crippen molar-refractivity contribution in [3.05, 3.63) is 81.6 Å². The second-order valence-electron chi connectivity index (χ2n) is 6.92. The predicted molar refractivity (Wildman–Crippen MR) is 125 cm³/mol. The fourth-order valence-corrected chi connectivity index (χ4v) is 4.07. The zero-order chi connectivity index (χ0) is 22.7. The monoisotopic (exact) mass is 448 g/mol. The lowest BCUT2D eigenvalue weighted by Gasteiger charge is -2.10. The number of anilines is 2. The fraction of sp³-hybridized carbons (Fsp3) is 0.130. The van der Waals surface area contributed by atoms with Crippen LogP contribution in [-0.2, 0) is 4.74 Å². The standard InChI is InChI=1S/C23H20N4O4S/c1-3-31-22(29)19-17-13-32-20(25-23(30)24-15-11-9-14(2)10-12-15)18(17)21(28)27(26-19)16-7-5-4-6-8-16/h4-13H,3H2,1-2H3,(H2,24,25,30). The Kier molecular flexibility index (Phi) is 6.00. The number of aryl methyl sites for hydroxylation is 1. The maximum Gasteiger partial charge on any atom is 0.359 e. The van der Waals surface area contributed by atoms with E-state index in [0.717, 1.165) is 21.6 Å². The summed E-state index contributed by atoms with van der Waals surface area (Å²) in [7, 11) is 0. The first-order chi connectivity index (χ1) is 15.5. The molecule has 32 heavy (non-hydrogen) atoms. The summed E-state index contributed by atoms with van der Waals surface area (Å²) in [5.74, 6) is -0.643. The molecule has 2 heterocycles. The van der Waals surface area contributed by atoms with Crippen LogP contribution in [0.5, 0.6) is 0 Å². The van der Waals surface area contributed by atoms with Gasteiger partial charge < -0.3 is 10.1 Å². The number of carbonyl (C=O) groups is 2. The molecular formula is C23H20N4O4S. The number of benzene rings is 2. The molecule has 2 amide bonds. The van der Waals surface area contributed by atoms with Crippen molar-refractivity contribution in [2.75, 3.05) is 17.2 Å². The van der Waals surface area contributed by atoms with Crippen LogP contribution < -0.4 is 16.2 Å². The van der Waals surface area contributed by atoms with Crippen molar-refractivity contribution in [2.45, 2.75) is 13.8 Å². The topological polar surface area (TPSA) is 102 Å². The van der Waals surface area contributed by atoms with Gasteiger partial charge in [0.15, 0.2) is 5.69 Å². The molecule has 4 aromatic rings. The first-order valence-corrected chi connectivity index (χ1v) is 10.8. The average molecular weight is 449 g/mol. The highest BCUT2D eigenvalue weighted by Crippen LogP contribution is 2.30. The lowest BCUT2D eigenvalue weighted by molar-refractivity contribution is 0.0520. The van der Waals surface area contributed by atoms with E-state index >= 15 is 0 Å². The summed E-state index contributed by atoms with van der Waals surface area (Å²) in [4.78, 5) is 38.4. The van der Waals surface area contributed by atoms with Crippen LogP contribution in [0.1, 0.15) is 23.0 Å². The molecule has 9 heteroatoms. The zero-order valence-corrected chi connectivity index (χ0v) is 18.2. The third-order valence-corrected chi connectivity index (χ3v) is 5.55. The third-order valence-electron chi connectivity index (χ3n) is 4.66. The lowest BCUT2D eigenvalue weighted by atomic mass is 10.2.